The lowest BCUT2D eigenvalue weighted by atomic mass is 10.1. The fourth-order valence-corrected chi connectivity index (χ4v) is 5.18. The minimum atomic E-state index is -0.744. The third kappa shape index (κ3) is 8.07. The van der Waals surface area contributed by atoms with Crippen molar-refractivity contribution < 1.29 is 37.3 Å². The average Bonchev–Trinajstić information content (AvgIpc) is 3.06. The molecule has 6 nitrogen and oxygen atoms in total. The van der Waals surface area contributed by atoms with Gasteiger partial charge in [-0.15, -0.1) is 0 Å². The van der Waals surface area contributed by atoms with Gasteiger partial charge in [-0.2, -0.15) is 0 Å². The van der Waals surface area contributed by atoms with Gasteiger partial charge in [0.1, 0.15) is 0 Å². The quantitative estimate of drug-likeness (QED) is 0.0712. The second-order valence-electron chi connectivity index (χ2n) is 10.9. The third-order valence-electron chi connectivity index (χ3n) is 7.45. The van der Waals surface area contributed by atoms with Crippen LogP contribution in [-0.4, -0.2) is 11.9 Å². The van der Waals surface area contributed by atoms with Crippen LogP contribution in [0.25, 0.3) is 10.8 Å². The highest BCUT2D eigenvalue weighted by Gasteiger charge is 2.30. The highest BCUT2D eigenvalue weighted by Crippen LogP contribution is 2.55. The molecule has 0 bridgehead atoms. The molecule has 5 rings (SSSR count). The van der Waals surface area contributed by atoms with Crippen molar-refractivity contribution in [3.8, 4) is 34.5 Å². The summed E-state index contributed by atoms with van der Waals surface area (Å²) in [4.78, 5) is 26.9. The Balaban J connectivity index is 1.74. The fraction of sp³-hybridized carbons (Fsp3) is 0.211. The van der Waals surface area contributed by atoms with Crippen LogP contribution >= 0.6 is 11.6 Å². The van der Waals surface area contributed by atoms with E-state index in [-0.39, 0.29) is 62.3 Å². The molecule has 47 heavy (non-hydrogen) atoms. The molecule has 5 aromatic rings. The van der Waals surface area contributed by atoms with E-state index in [2.05, 4.69) is 6.92 Å². The van der Waals surface area contributed by atoms with Gasteiger partial charge in [0.05, 0.1) is 5.56 Å². The monoisotopic (exact) mass is 658 g/mol. The number of carbonyl (C=O) groups excluding carboxylic acids is 2. The molecule has 0 aliphatic rings. The van der Waals surface area contributed by atoms with E-state index in [4.69, 9.17) is 30.5 Å². The van der Waals surface area contributed by atoms with Gasteiger partial charge in [0.2, 0.25) is 11.5 Å². The standard InChI is InChI=1S/C38H33ClF2O6/c1-3-4-5-6-7-20-33(42)46-35-28-23-25(39)21-22-27(28)34(47-38(43)26-15-9-8-14-24(26)2)36(44-31-18-12-10-16-29(31)40)37(35)45-32-19-13-11-17-30(32)41/h8-19,21-23H,3-7,20H2,1-2H3. The number of para-hydroxylation sites is 2. The number of aryl methyl sites for hydroxylation is 1. The van der Waals surface area contributed by atoms with Crippen LogP contribution in [0.5, 0.6) is 34.5 Å². The maximum Gasteiger partial charge on any atom is 0.343 e. The van der Waals surface area contributed by atoms with Crippen molar-refractivity contribution in [1.29, 1.82) is 0 Å². The second kappa shape index (κ2) is 15.6. The molecule has 9 heteroatoms. The summed E-state index contributed by atoms with van der Waals surface area (Å²) in [6, 6.07) is 22.6. The molecule has 0 fully saturated rings. The van der Waals surface area contributed by atoms with Gasteiger partial charge in [-0.3, -0.25) is 4.79 Å². The summed E-state index contributed by atoms with van der Waals surface area (Å²) in [6.45, 7) is 3.85. The summed E-state index contributed by atoms with van der Waals surface area (Å²) >= 11 is 6.43. The molecule has 0 radical (unpaired) electrons. The summed E-state index contributed by atoms with van der Waals surface area (Å²) in [5.41, 5.74) is 0.912. The Labute approximate surface area is 276 Å². The Morgan fingerprint density at radius 1 is 0.660 bits per heavy atom. The Morgan fingerprint density at radius 3 is 1.85 bits per heavy atom. The predicted molar refractivity (Wildman–Crippen MR) is 177 cm³/mol. The maximum absolute atomic E-state index is 15.1. The van der Waals surface area contributed by atoms with Gasteiger partial charge in [-0.25, -0.2) is 13.6 Å². The summed E-state index contributed by atoms with van der Waals surface area (Å²) in [5.74, 6) is -4.27. The number of ether oxygens (including phenoxy) is 4. The molecule has 0 aliphatic heterocycles. The largest absolute Gasteiger partial charge is 0.446 e. The average molecular weight is 659 g/mol. The van der Waals surface area contributed by atoms with Crippen molar-refractivity contribution in [2.75, 3.05) is 0 Å². The van der Waals surface area contributed by atoms with Crippen molar-refractivity contribution in [3.63, 3.8) is 0 Å². The first-order valence-corrected chi connectivity index (χ1v) is 15.8. The molecule has 0 aromatic heterocycles. The molecule has 0 unspecified atom stereocenters. The van der Waals surface area contributed by atoms with Crippen molar-refractivity contribution >= 4 is 34.3 Å². The zero-order valence-electron chi connectivity index (χ0n) is 26.0. The summed E-state index contributed by atoms with van der Waals surface area (Å²) in [6.07, 6.45) is 4.61. The van der Waals surface area contributed by atoms with Gasteiger partial charge in [0.15, 0.2) is 34.6 Å². The van der Waals surface area contributed by atoms with Crippen molar-refractivity contribution in [1.82, 2.24) is 0 Å². The van der Waals surface area contributed by atoms with Gasteiger partial charge >= 0.3 is 11.9 Å². The number of rotatable bonds is 13. The van der Waals surface area contributed by atoms with E-state index >= 15 is 8.78 Å². The molecule has 0 aliphatic carbocycles. The van der Waals surface area contributed by atoms with Crippen molar-refractivity contribution in [3.05, 3.63) is 119 Å². The lowest BCUT2D eigenvalue weighted by molar-refractivity contribution is -0.134. The highest BCUT2D eigenvalue weighted by molar-refractivity contribution is 6.31. The first-order valence-electron chi connectivity index (χ1n) is 15.4. The van der Waals surface area contributed by atoms with Crippen molar-refractivity contribution in [2.24, 2.45) is 0 Å². The molecule has 5 aromatic carbocycles. The molecular formula is C38H33ClF2O6. The first-order chi connectivity index (χ1) is 22.8. The number of fused-ring (bicyclic) bond motifs is 1. The zero-order chi connectivity index (χ0) is 33.3. The van der Waals surface area contributed by atoms with E-state index in [1.807, 2.05) is 0 Å². The predicted octanol–water partition coefficient (Wildman–Crippen LogP) is 11.1. The first kappa shape index (κ1) is 33.4. The van der Waals surface area contributed by atoms with Gasteiger partial charge in [-0.1, -0.05) is 86.7 Å². The molecule has 0 N–H and O–H groups in total. The molecular weight excluding hydrogens is 626 g/mol. The molecule has 0 spiro atoms. The molecule has 0 heterocycles. The molecule has 242 valence electrons. The molecule has 0 saturated heterocycles. The van der Waals surface area contributed by atoms with Crippen LogP contribution in [-0.2, 0) is 4.79 Å². The van der Waals surface area contributed by atoms with Crippen LogP contribution in [0.1, 0.15) is 61.4 Å². The van der Waals surface area contributed by atoms with Crippen molar-refractivity contribution in [2.45, 2.75) is 52.4 Å². The van der Waals surface area contributed by atoms with E-state index in [1.165, 1.54) is 42.5 Å². The minimum Gasteiger partial charge on any atom is -0.446 e. The lowest BCUT2D eigenvalue weighted by Crippen LogP contribution is -2.13. The van der Waals surface area contributed by atoms with Crippen LogP contribution in [0.2, 0.25) is 5.02 Å². The normalized spacial score (nSPS) is 10.9. The minimum absolute atomic E-state index is 0.0957. The maximum atomic E-state index is 15.1. The Kier molecular flexibility index (Phi) is 11.1. The van der Waals surface area contributed by atoms with Gasteiger partial charge < -0.3 is 18.9 Å². The number of benzene rings is 5. The fourth-order valence-electron chi connectivity index (χ4n) is 5.00. The van der Waals surface area contributed by atoms with Crippen LogP contribution in [0.4, 0.5) is 8.78 Å². The number of esters is 2. The number of hydrogen-bond donors (Lipinski definition) is 0. The van der Waals surface area contributed by atoms with E-state index in [0.717, 1.165) is 25.7 Å². The Bertz CT molecular complexity index is 1910. The second-order valence-corrected chi connectivity index (χ2v) is 11.4. The number of unbranched alkanes of at least 4 members (excludes halogenated alkanes) is 4. The van der Waals surface area contributed by atoms with Crippen LogP contribution in [0.15, 0.2) is 91.0 Å². The van der Waals surface area contributed by atoms with E-state index in [1.54, 1.807) is 55.5 Å². The topological polar surface area (TPSA) is 71.1 Å². The molecule has 0 amide bonds. The van der Waals surface area contributed by atoms with Gasteiger partial charge in [-0.05, 0) is 67.4 Å². The van der Waals surface area contributed by atoms with Crippen LogP contribution < -0.4 is 18.9 Å². The van der Waals surface area contributed by atoms with Gasteiger partial charge in [0.25, 0.3) is 0 Å². The Hall–Kier alpha value is -4.95. The SMILES string of the molecule is CCCCCCCC(=O)Oc1c(Oc2ccccc2F)c(Oc2ccccc2F)c(OC(=O)c2ccccc2C)c2ccc(Cl)cc12. The van der Waals surface area contributed by atoms with E-state index in [0.29, 0.717) is 12.0 Å². The summed E-state index contributed by atoms with van der Waals surface area (Å²) in [5, 5.41) is 0.733. The van der Waals surface area contributed by atoms with Crippen LogP contribution in [0.3, 0.4) is 0 Å². The zero-order valence-corrected chi connectivity index (χ0v) is 26.7. The third-order valence-corrected chi connectivity index (χ3v) is 7.68. The van der Waals surface area contributed by atoms with E-state index < -0.39 is 23.6 Å². The number of halogens is 3. The molecule has 0 saturated carbocycles. The summed E-state index contributed by atoms with van der Waals surface area (Å²) in [7, 11) is 0. The lowest BCUT2D eigenvalue weighted by Gasteiger charge is -2.22. The number of hydrogen-bond acceptors (Lipinski definition) is 6. The Morgan fingerprint density at radius 2 is 1.23 bits per heavy atom. The van der Waals surface area contributed by atoms with Crippen LogP contribution in [0, 0.1) is 18.6 Å². The summed E-state index contributed by atoms with van der Waals surface area (Å²) < 4.78 is 54.3. The van der Waals surface area contributed by atoms with E-state index in [9.17, 15) is 9.59 Å². The van der Waals surface area contributed by atoms with Gasteiger partial charge in [0, 0.05) is 22.2 Å². The molecule has 0 atom stereocenters. The number of carbonyl (C=O) groups is 2. The highest BCUT2D eigenvalue weighted by atomic mass is 35.5. The smallest absolute Gasteiger partial charge is 0.343 e.